The molecule has 4 nitrogen and oxygen atoms in total. The van der Waals surface area contributed by atoms with E-state index in [1.54, 1.807) is 0 Å². The molecule has 0 aromatic rings. The first-order valence-corrected chi connectivity index (χ1v) is 5.01. The van der Waals surface area contributed by atoms with Crippen molar-refractivity contribution in [3.05, 3.63) is 12.7 Å². The molecule has 2 N–H and O–H groups in total. The zero-order chi connectivity index (χ0) is 10.2. The van der Waals surface area contributed by atoms with Crippen LogP contribution < -0.4 is 10.6 Å². The van der Waals surface area contributed by atoms with E-state index in [0.717, 1.165) is 19.5 Å². The van der Waals surface area contributed by atoms with Gasteiger partial charge in [-0.15, -0.1) is 6.58 Å². The van der Waals surface area contributed by atoms with Crippen LogP contribution in [0.15, 0.2) is 12.7 Å². The Morgan fingerprint density at radius 2 is 2.36 bits per heavy atom. The number of carbonyl (C=O) groups is 1. The molecule has 0 radical (unpaired) electrons. The van der Waals surface area contributed by atoms with Crippen LogP contribution in [0, 0.1) is 5.92 Å². The monoisotopic (exact) mass is 198 g/mol. The van der Waals surface area contributed by atoms with Crippen LogP contribution in [0.3, 0.4) is 0 Å². The van der Waals surface area contributed by atoms with Crippen molar-refractivity contribution in [2.75, 3.05) is 32.8 Å². The molecule has 0 atom stereocenters. The van der Waals surface area contributed by atoms with Crippen molar-refractivity contribution < 1.29 is 9.53 Å². The van der Waals surface area contributed by atoms with Crippen molar-refractivity contribution in [1.29, 1.82) is 0 Å². The molecule has 1 aliphatic heterocycles. The molecular formula is C10H18N2O2. The van der Waals surface area contributed by atoms with Crippen molar-refractivity contribution in [3.8, 4) is 0 Å². The number of ether oxygens (including phenoxy) is 1. The molecule has 14 heavy (non-hydrogen) atoms. The van der Waals surface area contributed by atoms with Gasteiger partial charge in [-0.3, -0.25) is 4.79 Å². The largest absolute Gasteiger partial charge is 0.379 e. The second-order valence-electron chi connectivity index (χ2n) is 3.34. The molecule has 4 heteroatoms. The Hall–Kier alpha value is -0.870. The van der Waals surface area contributed by atoms with Gasteiger partial charge in [0.25, 0.3) is 0 Å². The minimum atomic E-state index is 0.135. The number of carbonyl (C=O) groups excluding carboxylic acids is 1. The van der Waals surface area contributed by atoms with E-state index in [-0.39, 0.29) is 11.8 Å². The van der Waals surface area contributed by atoms with Crippen LogP contribution in [0.2, 0.25) is 0 Å². The maximum Gasteiger partial charge on any atom is 0.225 e. The quantitative estimate of drug-likeness (QED) is 0.444. The predicted molar refractivity (Wildman–Crippen MR) is 55.0 cm³/mol. The molecule has 0 bridgehead atoms. The molecule has 80 valence electrons. The minimum Gasteiger partial charge on any atom is -0.379 e. The molecule has 1 fully saturated rings. The molecule has 0 aliphatic carbocycles. The van der Waals surface area contributed by atoms with Gasteiger partial charge in [0, 0.05) is 19.6 Å². The summed E-state index contributed by atoms with van der Waals surface area (Å²) in [5, 5.41) is 5.89. The molecule has 1 rings (SSSR count). The molecule has 1 saturated heterocycles. The summed E-state index contributed by atoms with van der Waals surface area (Å²) in [5.74, 6) is 0.305. The van der Waals surface area contributed by atoms with E-state index in [9.17, 15) is 4.79 Å². The molecule has 0 unspecified atom stereocenters. The smallest absolute Gasteiger partial charge is 0.225 e. The highest BCUT2D eigenvalue weighted by Gasteiger charge is 2.23. The van der Waals surface area contributed by atoms with Crippen LogP contribution >= 0.6 is 0 Å². The number of amides is 1. The SMILES string of the molecule is C=CCCOCCNC(=O)C1CNC1. The highest BCUT2D eigenvalue weighted by molar-refractivity contribution is 5.79. The van der Waals surface area contributed by atoms with Gasteiger partial charge in [-0.05, 0) is 6.42 Å². The van der Waals surface area contributed by atoms with Gasteiger partial charge in [-0.1, -0.05) is 6.08 Å². The fourth-order valence-electron chi connectivity index (χ4n) is 1.13. The topological polar surface area (TPSA) is 50.4 Å². The van der Waals surface area contributed by atoms with E-state index in [1.165, 1.54) is 0 Å². The number of rotatable bonds is 7. The fraction of sp³-hybridized carbons (Fsp3) is 0.700. The van der Waals surface area contributed by atoms with E-state index < -0.39 is 0 Å². The Balaban J connectivity index is 1.87. The Morgan fingerprint density at radius 3 is 2.93 bits per heavy atom. The average molecular weight is 198 g/mol. The lowest BCUT2D eigenvalue weighted by atomic mass is 10.0. The van der Waals surface area contributed by atoms with Gasteiger partial charge < -0.3 is 15.4 Å². The van der Waals surface area contributed by atoms with Gasteiger partial charge in [0.1, 0.15) is 0 Å². The Labute approximate surface area is 84.7 Å². The Morgan fingerprint density at radius 1 is 1.57 bits per heavy atom. The third-order valence-electron chi connectivity index (χ3n) is 2.16. The number of hydrogen-bond acceptors (Lipinski definition) is 3. The summed E-state index contributed by atoms with van der Waals surface area (Å²) in [7, 11) is 0. The maximum atomic E-state index is 11.3. The molecule has 1 amide bonds. The molecule has 0 spiro atoms. The fourth-order valence-corrected chi connectivity index (χ4v) is 1.13. The highest BCUT2D eigenvalue weighted by atomic mass is 16.5. The van der Waals surface area contributed by atoms with Crippen LogP contribution in [-0.4, -0.2) is 38.8 Å². The summed E-state index contributed by atoms with van der Waals surface area (Å²) in [6.07, 6.45) is 2.68. The first-order chi connectivity index (χ1) is 6.84. The van der Waals surface area contributed by atoms with Crippen molar-refractivity contribution >= 4 is 5.91 Å². The van der Waals surface area contributed by atoms with Gasteiger partial charge in [-0.25, -0.2) is 0 Å². The van der Waals surface area contributed by atoms with E-state index >= 15 is 0 Å². The van der Waals surface area contributed by atoms with Crippen LogP contribution in [0.5, 0.6) is 0 Å². The lowest BCUT2D eigenvalue weighted by molar-refractivity contribution is -0.126. The van der Waals surface area contributed by atoms with Crippen molar-refractivity contribution in [2.45, 2.75) is 6.42 Å². The zero-order valence-corrected chi connectivity index (χ0v) is 8.42. The normalized spacial score (nSPS) is 16.0. The van der Waals surface area contributed by atoms with E-state index in [4.69, 9.17) is 4.74 Å². The van der Waals surface area contributed by atoms with Crippen molar-refractivity contribution in [3.63, 3.8) is 0 Å². The molecule has 1 heterocycles. The maximum absolute atomic E-state index is 11.3. The molecule has 0 aromatic carbocycles. The summed E-state index contributed by atoms with van der Waals surface area (Å²) in [6, 6.07) is 0. The molecule has 0 saturated carbocycles. The first-order valence-electron chi connectivity index (χ1n) is 5.01. The Kier molecular flexibility index (Phi) is 5.25. The summed E-state index contributed by atoms with van der Waals surface area (Å²) in [4.78, 5) is 11.3. The average Bonchev–Trinajstić information content (AvgIpc) is 2.08. The zero-order valence-electron chi connectivity index (χ0n) is 8.42. The standard InChI is InChI=1S/C10H18N2O2/c1-2-3-5-14-6-4-12-10(13)9-7-11-8-9/h2,9,11H,1,3-8H2,(H,12,13). The number of hydrogen-bond donors (Lipinski definition) is 2. The third kappa shape index (κ3) is 3.89. The van der Waals surface area contributed by atoms with Crippen LogP contribution in [0.4, 0.5) is 0 Å². The first kappa shape index (κ1) is 11.2. The number of nitrogens with one attached hydrogen (secondary N) is 2. The van der Waals surface area contributed by atoms with Gasteiger partial charge >= 0.3 is 0 Å². The lowest BCUT2D eigenvalue weighted by Crippen LogP contribution is -2.51. The summed E-state index contributed by atoms with van der Waals surface area (Å²) < 4.78 is 5.25. The van der Waals surface area contributed by atoms with E-state index in [1.807, 2.05) is 6.08 Å². The predicted octanol–water partition coefficient (Wildman–Crippen LogP) is -0.0853. The highest BCUT2D eigenvalue weighted by Crippen LogP contribution is 2.01. The van der Waals surface area contributed by atoms with E-state index in [0.29, 0.717) is 19.8 Å². The summed E-state index contributed by atoms with van der Waals surface area (Å²) in [5.41, 5.74) is 0. The molecule has 0 aromatic heterocycles. The van der Waals surface area contributed by atoms with Crippen molar-refractivity contribution in [2.24, 2.45) is 5.92 Å². The minimum absolute atomic E-state index is 0.135. The van der Waals surface area contributed by atoms with Gasteiger partial charge in [0.2, 0.25) is 5.91 Å². The van der Waals surface area contributed by atoms with Crippen LogP contribution in [0.25, 0.3) is 0 Å². The van der Waals surface area contributed by atoms with E-state index in [2.05, 4.69) is 17.2 Å². The summed E-state index contributed by atoms with van der Waals surface area (Å²) in [6.45, 7) is 7.08. The van der Waals surface area contributed by atoms with Crippen LogP contribution in [-0.2, 0) is 9.53 Å². The third-order valence-corrected chi connectivity index (χ3v) is 2.16. The van der Waals surface area contributed by atoms with Gasteiger partial charge in [0.15, 0.2) is 0 Å². The van der Waals surface area contributed by atoms with Crippen molar-refractivity contribution in [1.82, 2.24) is 10.6 Å². The van der Waals surface area contributed by atoms with Gasteiger partial charge in [0.05, 0.1) is 19.1 Å². The summed E-state index contributed by atoms with van der Waals surface area (Å²) >= 11 is 0. The van der Waals surface area contributed by atoms with Crippen LogP contribution in [0.1, 0.15) is 6.42 Å². The molecular weight excluding hydrogens is 180 g/mol. The second-order valence-corrected chi connectivity index (χ2v) is 3.34. The molecule has 1 aliphatic rings. The second kappa shape index (κ2) is 6.56. The lowest BCUT2D eigenvalue weighted by Gasteiger charge is -2.25. The Bertz CT molecular complexity index is 191. The van der Waals surface area contributed by atoms with Gasteiger partial charge in [-0.2, -0.15) is 0 Å².